The standard InChI is InChI=1S/C13H12ClNO4/c1-18-11(16)6-9-12(19-2)8-4-3-7(14)5-10(8)15-13(9)17/h3-5H,6H2,1-2H3,(H,15,17). The molecule has 0 aliphatic heterocycles. The van der Waals surface area contributed by atoms with Crippen LogP contribution in [-0.2, 0) is 16.0 Å². The summed E-state index contributed by atoms with van der Waals surface area (Å²) in [6, 6.07) is 5.04. The Morgan fingerprint density at radius 3 is 2.74 bits per heavy atom. The summed E-state index contributed by atoms with van der Waals surface area (Å²) in [5, 5.41) is 1.19. The quantitative estimate of drug-likeness (QED) is 0.873. The van der Waals surface area contributed by atoms with Gasteiger partial charge in [0.2, 0.25) is 0 Å². The zero-order chi connectivity index (χ0) is 14.0. The number of carbonyl (C=O) groups is 1. The molecule has 0 aliphatic carbocycles. The fraction of sp³-hybridized carbons (Fsp3) is 0.231. The zero-order valence-corrected chi connectivity index (χ0v) is 11.2. The van der Waals surface area contributed by atoms with Crippen molar-refractivity contribution in [3.8, 4) is 5.75 Å². The van der Waals surface area contributed by atoms with E-state index in [-0.39, 0.29) is 12.0 Å². The molecule has 0 aliphatic rings. The number of nitrogens with one attached hydrogen (secondary N) is 1. The molecular formula is C13H12ClNO4. The number of H-pyrrole nitrogens is 1. The number of aromatic nitrogens is 1. The van der Waals surface area contributed by atoms with Crippen molar-refractivity contribution in [2.24, 2.45) is 0 Å². The molecule has 0 fully saturated rings. The van der Waals surface area contributed by atoms with Gasteiger partial charge < -0.3 is 14.5 Å². The summed E-state index contributed by atoms with van der Waals surface area (Å²) in [6.45, 7) is 0. The highest BCUT2D eigenvalue weighted by atomic mass is 35.5. The molecule has 0 saturated carbocycles. The van der Waals surface area contributed by atoms with Crippen LogP contribution in [-0.4, -0.2) is 25.2 Å². The van der Waals surface area contributed by atoms with Gasteiger partial charge in [-0.1, -0.05) is 11.6 Å². The molecule has 0 amide bonds. The van der Waals surface area contributed by atoms with Crippen LogP contribution in [0.3, 0.4) is 0 Å². The Morgan fingerprint density at radius 1 is 1.37 bits per heavy atom. The third kappa shape index (κ3) is 2.56. The number of hydrogen-bond acceptors (Lipinski definition) is 4. The largest absolute Gasteiger partial charge is 0.496 e. The fourth-order valence-electron chi connectivity index (χ4n) is 1.89. The number of methoxy groups -OCH3 is 2. The highest BCUT2D eigenvalue weighted by Gasteiger charge is 2.17. The van der Waals surface area contributed by atoms with Crippen LogP contribution >= 0.6 is 11.6 Å². The van der Waals surface area contributed by atoms with E-state index in [9.17, 15) is 9.59 Å². The van der Waals surface area contributed by atoms with Crippen molar-refractivity contribution in [1.29, 1.82) is 0 Å². The van der Waals surface area contributed by atoms with Crippen molar-refractivity contribution in [2.75, 3.05) is 14.2 Å². The van der Waals surface area contributed by atoms with Crippen LogP contribution < -0.4 is 10.3 Å². The molecule has 1 aromatic heterocycles. The van der Waals surface area contributed by atoms with Crippen molar-refractivity contribution in [3.05, 3.63) is 39.1 Å². The normalized spacial score (nSPS) is 10.5. The Kier molecular flexibility index (Phi) is 3.76. The second-order valence-electron chi connectivity index (χ2n) is 3.91. The maximum absolute atomic E-state index is 12.0. The summed E-state index contributed by atoms with van der Waals surface area (Å²) in [5.41, 5.74) is 0.407. The molecule has 0 bridgehead atoms. The summed E-state index contributed by atoms with van der Waals surface area (Å²) in [6.07, 6.45) is -0.145. The second-order valence-corrected chi connectivity index (χ2v) is 4.35. The fourth-order valence-corrected chi connectivity index (χ4v) is 2.06. The molecule has 5 nitrogen and oxygen atoms in total. The molecule has 0 radical (unpaired) electrons. The molecule has 0 unspecified atom stereocenters. The van der Waals surface area contributed by atoms with Crippen LogP contribution in [0.5, 0.6) is 5.75 Å². The first-order chi connectivity index (χ1) is 9.06. The van der Waals surface area contributed by atoms with E-state index in [2.05, 4.69) is 9.72 Å². The lowest BCUT2D eigenvalue weighted by Gasteiger charge is -2.10. The maximum Gasteiger partial charge on any atom is 0.310 e. The van der Waals surface area contributed by atoms with Gasteiger partial charge >= 0.3 is 5.97 Å². The molecule has 1 N–H and O–H groups in total. The number of aromatic amines is 1. The molecule has 2 aromatic rings. The number of benzene rings is 1. The van der Waals surface area contributed by atoms with Gasteiger partial charge in [-0.15, -0.1) is 0 Å². The molecule has 0 saturated heterocycles. The van der Waals surface area contributed by atoms with Crippen LogP contribution in [0.2, 0.25) is 5.02 Å². The predicted octanol–water partition coefficient (Wildman–Crippen LogP) is 1.91. The predicted molar refractivity (Wildman–Crippen MR) is 71.9 cm³/mol. The Balaban J connectivity index is 2.70. The minimum Gasteiger partial charge on any atom is -0.496 e. The van der Waals surface area contributed by atoms with Gasteiger partial charge in [-0.25, -0.2) is 0 Å². The number of hydrogen-bond donors (Lipinski definition) is 1. The summed E-state index contributed by atoms with van der Waals surface area (Å²) in [7, 11) is 2.72. The molecule has 100 valence electrons. The first-order valence-electron chi connectivity index (χ1n) is 5.52. The van der Waals surface area contributed by atoms with Crippen molar-refractivity contribution in [1.82, 2.24) is 4.98 Å². The van der Waals surface area contributed by atoms with E-state index >= 15 is 0 Å². The summed E-state index contributed by atoms with van der Waals surface area (Å²) in [4.78, 5) is 26.0. The molecule has 19 heavy (non-hydrogen) atoms. The highest BCUT2D eigenvalue weighted by molar-refractivity contribution is 6.31. The van der Waals surface area contributed by atoms with Gasteiger partial charge in [-0.2, -0.15) is 0 Å². The summed E-state index contributed by atoms with van der Waals surface area (Å²) < 4.78 is 9.83. The Morgan fingerprint density at radius 2 is 2.11 bits per heavy atom. The van der Waals surface area contributed by atoms with Crippen molar-refractivity contribution >= 4 is 28.5 Å². The molecule has 0 atom stereocenters. The molecule has 1 aromatic carbocycles. The van der Waals surface area contributed by atoms with Gasteiger partial charge in [-0.05, 0) is 18.2 Å². The van der Waals surface area contributed by atoms with Crippen molar-refractivity contribution < 1.29 is 14.3 Å². The number of fused-ring (bicyclic) bond motifs is 1. The SMILES string of the molecule is COC(=O)Cc1c(OC)c2ccc(Cl)cc2[nH]c1=O. The van der Waals surface area contributed by atoms with E-state index in [1.165, 1.54) is 14.2 Å². The Hall–Kier alpha value is -2.01. The van der Waals surface area contributed by atoms with Gasteiger partial charge in [0.15, 0.2) is 0 Å². The topological polar surface area (TPSA) is 68.4 Å². The van der Waals surface area contributed by atoms with E-state index in [0.717, 1.165) is 0 Å². The van der Waals surface area contributed by atoms with E-state index in [1.807, 2.05) is 0 Å². The zero-order valence-electron chi connectivity index (χ0n) is 10.5. The molecule has 6 heteroatoms. The summed E-state index contributed by atoms with van der Waals surface area (Å²) >= 11 is 5.88. The van der Waals surface area contributed by atoms with Crippen LogP contribution in [0.15, 0.2) is 23.0 Å². The minimum absolute atomic E-state index is 0.145. The van der Waals surface area contributed by atoms with Gasteiger partial charge in [0, 0.05) is 10.4 Å². The number of carbonyl (C=O) groups excluding carboxylic acids is 1. The van der Waals surface area contributed by atoms with E-state index in [1.54, 1.807) is 18.2 Å². The molecule has 2 rings (SSSR count). The lowest BCUT2D eigenvalue weighted by Crippen LogP contribution is -2.18. The minimum atomic E-state index is -0.503. The third-order valence-electron chi connectivity index (χ3n) is 2.78. The average molecular weight is 282 g/mol. The second kappa shape index (κ2) is 5.32. The van der Waals surface area contributed by atoms with Gasteiger partial charge in [0.1, 0.15) is 5.75 Å². The lowest BCUT2D eigenvalue weighted by molar-refractivity contribution is -0.139. The number of pyridine rings is 1. The van der Waals surface area contributed by atoms with Crippen molar-refractivity contribution in [2.45, 2.75) is 6.42 Å². The summed E-state index contributed by atoms with van der Waals surface area (Å²) in [5.74, 6) is -0.141. The number of halogens is 1. The van der Waals surface area contributed by atoms with Crippen molar-refractivity contribution in [3.63, 3.8) is 0 Å². The molecule has 1 heterocycles. The lowest BCUT2D eigenvalue weighted by atomic mass is 10.1. The molecule has 0 spiro atoms. The van der Waals surface area contributed by atoms with Gasteiger partial charge in [0.25, 0.3) is 5.56 Å². The smallest absolute Gasteiger partial charge is 0.310 e. The molecular weight excluding hydrogens is 270 g/mol. The van der Waals surface area contributed by atoms with E-state index in [0.29, 0.717) is 21.7 Å². The Labute approximate surface area is 114 Å². The van der Waals surface area contributed by atoms with E-state index < -0.39 is 11.5 Å². The number of esters is 1. The Bertz CT molecular complexity index is 693. The first kappa shape index (κ1) is 13.4. The highest BCUT2D eigenvalue weighted by Crippen LogP contribution is 2.28. The van der Waals surface area contributed by atoms with E-state index in [4.69, 9.17) is 16.3 Å². The van der Waals surface area contributed by atoms with Crippen LogP contribution in [0, 0.1) is 0 Å². The van der Waals surface area contributed by atoms with Gasteiger partial charge in [0.05, 0.1) is 31.7 Å². The first-order valence-corrected chi connectivity index (χ1v) is 5.90. The third-order valence-corrected chi connectivity index (χ3v) is 3.01. The van der Waals surface area contributed by atoms with Crippen LogP contribution in [0.1, 0.15) is 5.56 Å². The monoisotopic (exact) mass is 281 g/mol. The van der Waals surface area contributed by atoms with Crippen LogP contribution in [0.25, 0.3) is 10.9 Å². The number of ether oxygens (including phenoxy) is 2. The van der Waals surface area contributed by atoms with Crippen LogP contribution in [0.4, 0.5) is 0 Å². The van der Waals surface area contributed by atoms with Gasteiger partial charge in [-0.3, -0.25) is 9.59 Å². The maximum atomic E-state index is 12.0. The number of rotatable bonds is 3. The average Bonchev–Trinajstić information content (AvgIpc) is 2.39.